The zero-order valence-corrected chi connectivity index (χ0v) is 14.9. The van der Waals surface area contributed by atoms with Gasteiger partial charge in [0.25, 0.3) is 0 Å². The van der Waals surface area contributed by atoms with E-state index in [4.69, 9.17) is 9.72 Å². The second kappa shape index (κ2) is 4.45. The van der Waals surface area contributed by atoms with Crippen LogP contribution >= 0.6 is 0 Å². The van der Waals surface area contributed by atoms with Crippen LogP contribution in [0.2, 0.25) is 19.6 Å². The van der Waals surface area contributed by atoms with Gasteiger partial charge in [0.15, 0.2) is 5.82 Å². The lowest BCUT2D eigenvalue weighted by Gasteiger charge is -2.22. The van der Waals surface area contributed by atoms with Crippen molar-refractivity contribution in [2.24, 2.45) is 0 Å². The molecular formula is C19H17N3OSi. The summed E-state index contributed by atoms with van der Waals surface area (Å²) in [6.07, 6.45) is 1.83. The molecule has 0 spiro atoms. The van der Waals surface area contributed by atoms with E-state index < -0.39 is 8.07 Å². The summed E-state index contributed by atoms with van der Waals surface area (Å²) >= 11 is 0. The molecule has 0 saturated heterocycles. The third-order valence-corrected chi connectivity index (χ3v) is 6.25. The average Bonchev–Trinajstić information content (AvgIpc) is 2.94. The van der Waals surface area contributed by atoms with Gasteiger partial charge in [-0.1, -0.05) is 43.9 Å². The van der Waals surface area contributed by atoms with E-state index >= 15 is 0 Å². The third-order valence-electron chi connectivity index (χ3n) is 4.50. The van der Waals surface area contributed by atoms with Crippen LogP contribution in [0.3, 0.4) is 0 Å². The number of fused-ring (bicyclic) bond motifs is 3. The largest absolute Gasteiger partial charge is 0.438 e. The maximum atomic E-state index is 6.35. The summed E-state index contributed by atoms with van der Waals surface area (Å²) < 4.78 is 8.41. The van der Waals surface area contributed by atoms with Crippen molar-refractivity contribution >= 4 is 29.8 Å². The number of benzene rings is 2. The summed E-state index contributed by atoms with van der Waals surface area (Å²) in [5, 5.41) is 3.45. The van der Waals surface area contributed by atoms with E-state index in [9.17, 15) is 0 Å². The van der Waals surface area contributed by atoms with Gasteiger partial charge in [-0.2, -0.15) is 0 Å². The summed E-state index contributed by atoms with van der Waals surface area (Å²) in [7, 11) is -1.63. The molecule has 4 nitrogen and oxygen atoms in total. The Morgan fingerprint density at radius 3 is 2.50 bits per heavy atom. The van der Waals surface area contributed by atoms with Crippen LogP contribution in [0.25, 0.3) is 27.8 Å². The molecule has 1 aliphatic heterocycles. The zero-order chi connectivity index (χ0) is 16.5. The van der Waals surface area contributed by atoms with Crippen LogP contribution in [0.5, 0.6) is 11.6 Å². The molecule has 0 atom stereocenters. The lowest BCUT2D eigenvalue weighted by atomic mass is 10.0. The quantitative estimate of drug-likeness (QED) is 0.432. The average molecular weight is 331 g/mol. The van der Waals surface area contributed by atoms with Gasteiger partial charge in [0.1, 0.15) is 19.5 Å². The molecule has 24 heavy (non-hydrogen) atoms. The SMILES string of the molecule is C[Si](C)(C)c1nc2ccnc3n2c1Oc1cc2ccccc2cc1-3. The summed E-state index contributed by atoms with van der Waals surface area (Å²) in [6.45, 7) is 6.87. The number of nitrogens with zero attached hydrogens (tertiary/aromatic N) is 3. The van der Waals surface area contributed by atoms with Crippen molar-refractivity contribution in [2.45, 2.75) is 19.6 Å². The first-order valence-electron chi connectivity index (χ1n) is 8.11. The first-order valence-corrected chi connectivity index (χ1v) is 11.6. The molecule has 0 aliphatic carbocycles. The maximum Gasteiger partial charge on any atom is 0.224 e. The van der Waals surface area contributed by atoms with E-state index in [2.05, 4.69) is 59.4 Å². The van der Waals surface area contributed by atoms with Gasteiger partial charge >= 0.3 is 0 Å². The minimum atomic E-state index is -1.63. The lowest BCUT2D eigenvalue weighted by molar-refractivity contribution is 0.455. The predicted molar refractivity (Wildman–Crippen MR) is 99.0 cm³/mol. The minimum absolute atomic E-state index is 0.843. The number of aromatic nitrogens is 3. The molecule has 2 aromatic carbocycles. The van der Waals surface area contributed by atoms with Crippen molar-refractivity contribution < 1.29 is 4.74 Å². The van der Waals surface area contributed by atoms with E-state index in [1.54, 1.807) is 0 Å². The number of rotatable bonds is 1. The Labute approximate surface area is 140 Å². The van der Waals surface area contributed by atoms with E-state index in [1.165, 1.54) is 10.8 Å². The molecule has 0 amide bonds. The molecule has 5 heteroatoms. The molecule has 0 radical (unpaired) electrons. The van der Waals surface area contributed by atoms with Gasteiger partial charge in [0, 0.05) is 6.20 Å². The van der Waals surface area contributed by atoms with Gasteiger partial charge in [-0.3, -0.25) is 0 Å². The van der Waals surface area contributed by atoms with Crippen molar-refractivity contribution in [3.63, 3.8) is 0 Å². The van der Waals surface area contributed by atoms with Gasteiger partial charge in [-0.05, 0) is 29.0 Å². The van der Waals surface area contributed by atoms with Crippen LogP contribution in [0.4, 0.5) is 0 Å². The van der Waals surface area contributed by atoms with Crippen molar-refractivity contribution in [1.82, 2.24) is 14.4 Å². The first kappa shape index (κ1) is 13.7. The first-order chi connectivity index (χ1) is 11.5. The van der Waals surface area contributed by atoms with E-state index in [0.29, 0.717) is 0 Å². The highest BCUT2D eigenvalue weighted by molar-refractivity contribution is 6.88. The fourth-order valence-corrected chi connectivity index (χ4v) is 4.58. The molecule has 4 aromatic rings. The highest BCUT2D eigenvalue weighted by Crippen LogP contribution is 2.41. The third kappa shape index (κ3) is 1.79. The van der Waals surface area contributed by atoms with Crippen molar-refractivity contribution in [3.05, 3.63) is 48.7 Å². The molecule has 1 aliphatic rings. The Morgan fingerprint density at radius 2 is 1.75 bits per heavy atom. The normalized spacial score (nSPS) is 13.1. The van der Waals surface area contributed by atoms with E-state index in [-0.39, 0.29) is 0 Å². The van der Waals surface area contributed by atoms with Crippen molar-refractivity contribution in [3.8, 4) is 23.0 Å². The topological polar surface area (TPSA) is 39.4 Å². The Bertz CT molecular complexity index is 1120. The Balaban J connectivity index is 1.90. The number of ether oxygens (including phenoxy) is 1. The Morgan fingerprint density at radius 1 is 1.00 bits per heavy atom. The molecular weight excluding hydrogens is 314 g/mol. The summed E-state index contributed by atoms with van der Waals surface area (Å²) in [6, 6.07) is 14.5. The summed E-state index contributed by atoms with van der Waals surface area (Å²) in [5.74, 6) is 2.61. The standard InChI is InChI=1S/C19H17N3OSi/c1-24(2,3)18-19-22-16(21-18)8-9-20-17(22)14-10-12-6-4-5-7-13(12)11-15(14)23-19/h4-11H,1-3H3. The molecule has 5 rings (SSSR count). The van der Waals surface area contributed by atoms with Crippen molar-refractivity contribution in [2.75, 3.05) is 0 Å². The maximum absolute atomic E-state index is 6.35. The van der Waals surface area contributed by atoms with Gasteiger partial charge in [-0.15, -0.1) is 0 Å². The van der Waals surface area contributed by atoms with Crippen LogP contribution in [-0.4, -0.2) is 22.4 Å². The van der Waals surface area contributed by atoms with Crippen LogP contribution in [-0.2, 0) is 0 Å². The summed E-state index contributed by atoms with van der Waals surface area (Å²) in [5.41, 5.74) is 1.93. The number of hydrogen-bond acceptors (Lipinski definition) is 3. The van der Waals surface area contributed by atoms with Gasteiger partial charge < -0.3 is 4.74 Å². The molecule has 2 aromatic heterocycles. The van der Waals surface area contributed by atoms with Crippen LogP contribution in [0.1, 0.15) is 0 Å². The van der Waals surface area contributed by atoms with Crippen LogP contribution in [0.15, 0.2) is 48.7 Å². The fraction of sp³-hybridized carbons (Fsp3) is 0.158. The van der Waals surface area contributed by atoms with Gasteiger partial charge in [0.2, 0.25) is 5.88 Å². The molecule has 3 heterocycles. The smallest absolute Gasteiger partial charge is 0.224 e. The fourth-order valence-electron chi connectivity index (χ4n) is 3.33. The number of hydrogen-bond donors (Lipinski definition) is 0. The van der Waals surface area contributed by atoms with Gasteiger partial charge in [0.05, 0.1) is 10.9 Å². The van der Waals surface area contributed by atoms with Crippen LogP contribution in [0, 0.1) is 0 Å². The Kier molecular flexibility index (Phi) is 2.55. The summed E-state index contributed by atoms with van der Waals surface area (Å²) in [4.78, 5) is 9.51. The molecule has 0 unspecified atom stereocenters. The van der Waals surface area contributed by atoms with Crippen LogP contribution < -0.4 is 10.1 Å². The van der Waals surface area contributed by atoms with E-state index in [1.807, 2.05) is 18.3 Å². The molecule has 118 valence electrons. The molecule has 0 fully saturated rings. The second-order valence-electron chi connectivity index (χ2n) is 7.28. The Hall–Kier alpha value is -2.66. The lowest BCUT2D eigenvalue weighted by Crippen LogP contribution is -2.39. The molecule has 0 saturated carbocycles. The molecule has 0 bridgehead atoms. The van der Waals surface area contributed by atoms with Crippen molar-refractivity contribution in [1.29, 1.82) is 0 Å². The number of imidazole rings is 1. The predicted octanol–water partition coefficient (Wildman–Crippen LogP) is 4.20. The van der Waals surface area contributed by atoms with Gasteiger partial charge in [-0.25, -0.2) is 14.4 Å². The zero-order valence-electron chi connectivity index (χ0n) is 13.9. The second-order valence-corrected chi connectivity index (χ2v) is 12.2. The minimum Gasteiger partial charge on any atom is -0.438 e. The highest BCUT2D eigenvalue weighted by Gasteiger charge is 2.32. The molecule has 0 N–H and O–H groups in total. The highest BCUT2D eigenvalue weighted by atomic mass is 28.3. The van der Waals surface area contributed by atoms with E-state index in [0.717, 1.165) is 34.0 Å². The monoisotopic (exact) mass is 331 g/mol.